The third-order valence-electron chi connectivity index (χ3n) is 6.49. The Morgan fingerprint density at radius 2 is 1.84 bits per heavy atom. The second-order valence-corrected chi connectivity index (χ2v) is 12.3. The lowest BCUT2D eigenvalue weighted by molar-refractivity contribution is -0.122. The molecule has 1 fully saturated rings. The van der Waals surface area contributed by atoms with Crippen LogP contribution in [0.25, 0.3) is 0 Å². The van der Waals surface area contributed by atoms with Crippen LogP contribution in [0.3, 0.4) is 0 Å². The molecule has 2 N–H and O–H groups in total. The van der Waals surface area contributed by atoms with Gasteiger partial charge in [-0.1, -0.05) is 20.8 Å². The number of halogens is 1. The molecule has 200 valence electrons. The molecule has 2 unspecified atom stereocenters. The maximum absolute atomic E-state index is 13.6. The van der Waals surface area contributed by atoms with Crippen molar-refractivity contribution in [3.8, 4) is 5.75 Å². The first-order valence-electron chi connectivity index (χ1n) is 12.2. The van der Waals surface area contributed by atoms with E-state index >= 15 is 0 Å². The van der Waals surface area contributed by atoms with Crippen molar-refractivity contribution < 1.29 is 31.9 Å². The van der Waals surface area contributed by atoms with E-state index in [0.29, 0.717) is 5.69 Å². The third-order valence-corrected chi connectivity index (χ3v) is 8.29. The van der Waals surface area contributed by atoms with Crippen LogP contribution in [0, 0.1) is 17.2 Å². The zero-order chi connectivity index (χ0) is 27.0. The highest BCUT2D eigenvalue weighted by atomic mass is 32.2. The number of nitrogens with one attached hydrogen (secondary N) is 2. The molecule has 1 saturated carbocycles. The van der Waals surface area contributed by atoms with Crippen LogP contribution < -0.4 is 19.7 Å². The van der Waals surface area contributed by atoms with Crippen LogP contribution in [0.5, 0.6) is 5.75 Å². The number of hydrogen-bond donors (Lipinski definition) is 2. The van der Waals surface area contributed by atoms with Gasteiger partial charge in [-0.05, 0) is 67.6 Å². The van der Waals surface area contributed by atoms with Gasteiger partial charge in [0.1, 0.15) is 23.8 Å². The van der Waals surface area contributed by atoms with Crippen molar-refractivity contribution in [2.45, 2.75) is 57.6 Å². The Balaban J connectivity index is 1.60. The minimum absolute atomic E-state index is 0.00400. The first-order chi connectivity index (χ1) is 17.3. The van der Waals surface area contributed by atoms with E-state index in [4.69, 9.17) is 9.47 Å². The minimum Gasteiger partial charge on any atom is -0.484 e. The summed E-state index contributed by atoms with van der Waals surface area (Å²) in [5, 5.41) is 5.46. The van der Waals surface area contributed by atoms with Crippen molar-refractivity contribution in [3.63, 3.8) is 0 Å². The fraction of sp³-hybridized carbons (Fsp3) is 0.462. The molecular weight excluding hydrogens is 501 g/mol. The van der Waals surface area contributed by atoms with E-state index in [1.54, 1.807) is 19.1 Å². The Morgan fingerprint density at radius 3 is 2.46 bits per heavy atom. The summed E-state index contributed by atoms with van der Waals surface area (Å²) >= 11 is 0. The number of hydrogen-bond acceptors (Lipinski definition) is 6. The average Bonchev–Trinajstić information content (AvgIpc) is 3.67. The number of rotatable bonds is 7. The number of amides is 2. The largest absolute Gasteiger partial charge is 0.484 e. The average molecular weight is 534 g/mol. The van der Waals surface area contributed by atoms with Crippen molar-refractivity contribution >= 4 is 33.4 Å². The lowest BCUT2D eigenvalue weighted by Crippen LogP contribution is -2.48. The molecule has 2 aliphatic rings. The van der Waals surface area contributed by atoms with Gasteiger partial charge in [-0.25, -0.2) is 17.6 Å². The summed E-state index contributed by atoms with van der Waals surface area (Å²) in [6.45, 7) is 7.67. The predicted octanol–water partition coefficient (Wildman–Crippen LogP) is 4.29. The van der Waals surface area contributed by atoms with E-state index in [9.17, 15) is 22.4 Å². The Labute approximate surface area is 216 Å². The minimum atomic E-state index is -4.12. The summed E-state index contributed by atoms with van der Waals surface area (Å²) in [6, 6.07) is 9.15. The number of benzene rings is 2. The van der Waals surface area contributed by atoms with Crippen molar-refractivity contribution in [2.75, 3.05) is 22.7 Å². The lowest BCUT2D eigenvalue weighted by atomic mass is 9.90. The zero-order valence-corrected chi connectivity index (χ0v) is 22.1. The molecule has 1 aliphatic carbocycles. The summed E-state index contributed by atoms with van der Waals surface area (Å²) in [5.41, 5.74) is 0.259. The number of ether oxygens (including phenoxy) is 2. The fourth-order valence-corrected chi connectivity index (χ4v) is 5.15. The van der Waals surface area contributed by atoms with Gasteiger partial charge in [0.05, 0.1) is 23.7 Å². The number of sulfonamides is 1. The first-order valence-corrected chi connectivity index (χ1v) is 13.6. The predicted molar refractivity (Wildman–Crippen MR) is 137 cm³/mol. The molecule has 2 atom stereocenters. The van der Waals surface area contributed by atoms with Crippen molar-refractivity contribution in [1.82, 2.24) is 5.32 Å². The Morgan fingerprint density at radius 1 is 1.16 bits per heavy atom. The Kier molecular flexibility index (Phi) is 7.36. The van der Waals surface area contributed by atoms with Gasteiger partial charge in [-0.2, -0.15) is 0 Å². The highest BCUT2D eigenvalue weighted by Crippen LogP contribution is 2.39. The second kappa shape index (κ2) is 10.2. The summed E-state index contributed by atoms with van der Waals surface area (Å²) in [6.07, 6.45) is 0.000634. The lowest BCUT2D eigenvalue weighted by Gasteiger charge is -2.36. The molecule has 0 bridgehead atoms. The van der Waals surface area contributed by atoms with Gasteiger partial charge in [0.25, 0.3) is 10.0 Å². The van der Waals surface area contributed by atoms with E-state index in [0.717, 1.165) is 29.3 Å². The molecule has 11 heteroatoms. The van der Waals surface area contributed by atoms with E-state index < -0.39 is 28.0 Å². The molecule has 2 amide bonds. The van der Waals surface area contributed by atoms with Crippen LogP contribution in [0.2, 0.25) is 0 Å². The number of fused-ring (bicyclic) bond motifs is 1. The van der Waals surface area contributed by atoms with Crippen LogP contribution in [-0.2, 0) is 19.6 Å². The SMILES string of the molecule is CC(OC(=O)Nc1ccc2c(c1)N(S(=O)(=O)c1ccc(F)cc1)CC(CNC(=O)C1CC1)O2)C(C)(C)C. The zero-order valence-electron chi connectivity index (χ0n) is 21.3. The van der Waals surface area contributed by atoms with Gasteiger partial charge in [-0.3, -0.25) is 14.4 Å². The van der Waals surface area contributed by atoms with Crippen molar-refractivity contribution in [1.29, 1.82) is 0 Å². The van der Waals surface area contributed by atoms with Crippen molar-refractivity contribution in [3.05, 3.63) is 48.3 Å². The third kappa shape index (κ3) is 6.33. The molecule has 1 heterocycles. The molecule has 2 aromatic rings. The highest BCUT2D eigenvalue weighted by Gasteiger charge is 2.36. The fourth-order valence-electron chi connectivity index (χ4n) is 3.65. The van der Waals surface area contributed by atoms with Gasteiger partial charge < -0.3 is 14.8 Å². The monoisotopic (exact) mass is 533 g/mol. The molecule has 0 spiro atoms. The van der Waals surface area contributed by atoms with Crippen molar-refractivity contribution in [2.24, 2.45) is 11.3 Å². The molecule has 2 aromatic carbocycles. The summed E-state index contributed by atoms with van der Waals surface area (Å²) in [7, 11) is -4.12. The van der Waals surface area contributed by atoms with Crippen LogP contribution in [0.1, 0.15) is 40.5 Å². The van der Waals surface area contributed by atoms with Crippen LogP contribution >= 0.6 is 0 Å². The molecule has 0 saturated heterocycles. The van der Waals surface area contributed by atoms with Crippen LogP contribution in [0.15, 0.2) is 47.4 Å². The number of anilines is 2. The normalized spacial score (nSPS) is 18.3. The topological polar surface area (TPSA) is 114 Å². The second-order valence-electron chi connectivity index (χ2n) is 10.5. The quantitative estimate of drug-likeness (QED) is 0.549. The number of carbonyl (C=O) groups excluding carboxylic acids is 2. The Bertz CT molecular complexity index is 1270. The van der Waals surface area contributed by atoms with E-state index in [-0.39, 0.29) is 52.8 Å². The maximum Gasteiger partial charge on any atom is 0.411 e. The van der Waals surface area contributed by atoms with Crippen LogP contribution in [0.4, 0.5) is 20.6 Å². The molecular formula is C26H32FN3O6S. The van der Waals surface area contributed by atoms with Gasteiger partial charge in [0.2, 0.25) is 5.91 Å². The molecule has 0 radical (unpaired) electrons. The first kappa shape index (κ1) is 26.7. The standard InChI is InChI=1S/C26H32FN3O6S/c1-16(26(2,3)4)35-25(32)29-19-9-12-23-22(13-19)30(37(33,34)21-10-7-18(27)8-11-21)15-20(36-23)14-28-24(31)17-5-6-17/h7-13,16-17,20H,5-6,14-15H2,1-4H3,(H,28,31)(H,29,32). The van der Waals surface area contributed by atoms with Crippen LogP contribution in [-0.4, -0.2) is 45.7 Å². The van der Waals surface area contributed by atoms with Gasteiger partial charge in [0, 0.05) is 11.6 Å². The number of carbonyl (C=O) groups is 2. The van der Waals surface area contributed by atoms with E-state index in [1.165, 1.54) is 18.2 Å². The number of nitrogens with zero attached hydrogens (tertiary/aromatic N) is 1. The van der Waals surface area contributed by atoms with Gasteiger partial charge in [-0.15, -0.1) is 0 Å². The van der Waals surface area contributed by atoms with Gasteiger partial charge in [0.15, 0.2) is 0 Å². The van der Waals surface area contributed by atoms with Gasteiger partial charge >= 0.3 is 6.09 Å². The molecule has 0 aromatic heterocycles. The highest BCUT2D eigenvalue weighted by molar-refractivity contribution is 7.92. The Hall–Kier alpha value is -3.34. The molecule has 9 nitrogen and oxygen atoms in total. The van der Waals surface area contributed by atoms with E-state index in [1.807, 2.05) is 20.8 Å². The molecule has 37 heavy (non-hydrogen) atoms. The summed E-state index contributed by atoms with van der Waals surface area (Å²) < 4.78 is 53.3. The molecule has 1 aliphatic heterocycles. The smallest absolute Gasteiger partial charge is 0.411 e. The molecule has 4 rings (SSSR count). The summed E-state index contributed by atoms with van der Waals surface area (Å²) in [4.78, 5) is 24.5. The maximum atomic E-state index is 13.6. The summed E-state index contributed by atoms with van der Waals surface area (Å²) in [5.74, 6) is -0.365. The van der Waals surface area contributed by atoms with E-state index in [2.05, 4.69) is 10.6 Å².